The van der Waals surface area contributed by atoms with Crippen LogP contribution in [0.2, 0.25) is 0 Å². The maximum absolute atomic E-state index is 12.9. The Labute approximate surface area is 83.1 Å². The molecule has 1 atom stereocenters. The standard InChI is InChI=1S/C8H9BrFNO2/c9-5-1-4(6(11)3-12)2-7(13)8(5)10/h1-2,6,12-13H,3,11H2. The molecule has 0 bridgehead atoms. The molecular formula is C8H9BrFNO2. The van der Waals surface area contributed by atoms with Crippen molar-refractivity contribution in [2.45, 2.75) is 6.04 Å². The first-order chi connectivity index (χ1) is 6.06. The van der Waals surface area contributed by atoms with Crippen LogP contribution < -0.4 is 5.73 Å². The van der Waals surface area contributed by atoms with Gasteiger partial charge in [0.1, 0.15) is 0 Å². The van der Waals surface area contributed by atoms with Gasteiger partial charge in [-0.25, -0.2) is 4.39 Å². The summed E-state index contributed by atoms with van der Waals surface area (Å²) in [6.07, 6.45) is 0. The van der Waals surface area contributed by atoms with Gasteiger partial charge in [0.2, 0.25) is 0 Å². The number of benzene rings is 1. The number of phenolic OH excluding ortho intramolecular Hbond substituents is 1. The van der Waals surface area contributed by atoms with Crippen LogP contribution in [0.3, 0.4) is 0 Å². The van der Waals surface area contributed by atoms with Crippen molar-refractivity contribution in [3.63, 3.8) is 0 Å². The Morgan fingerprint density at radius 2 is 2.15 bits per heavy atom. The molecule has 0 amide bonds. The second-order valence-electron chi connectivity index (χ2n) is 2.62. The molecule has 0 spiro atoms. The molecule has 72 valence electrons. The molecule has 5 heteroatoms. The highest BCUT2D eigenvalue weighted by Crippen LogP contribution is 2.27. The summed E-state index contributed by atoms with van der Waals surface area (Å²) < 4.78 is 13.0. The van der Waals surface area contributed by atoms with Crippen LogP contribution in [0.4, 0.5) is 4.39 Å². The predicted molar refractivity (Wildman–Crippen MR) is 49.8 cm³/mol. The fraction of sp³-hybridized carbons (Fsp3) is 0.250. The zero-order valence-corrected chi connectivity index (χ0v) is 8.25. The van der Waals surface area contributed by atoms with Gasteiger partial charge in [0.15, 0.2) is 11.6 Å². The number of aliphatic hydroxyl groups is 1. The molecule has 1 rings (SSSR count). The monoisotopic (exact) mass is 249 g/mol. The lowest BCUT2D eigenvalue weighted by molar-refractivity contribution is 0.267. The fourth-order valence-corrected chi connectivity index (χ4v) is 1.38. The third-order valence-corrected chi connectivity index (χ3v) is 2.23. The van der Waals surface area contributed by atoms with Gasteiger partial charge in [-0.1, -0.05) is 0 Å². The van der Waals surface area contributed by atoms with Crippen LogP contribution in [0.15, 0.2) is 16.6 Å². The van der Waals surface area contributed by atoms with Crippen molar-refractivity contribution in [3.8, 4) is 5.75 Å². The van der Waals surface area contributed by atoms with E-state index in [-0.39, 0.29) is 11.1 Å². The van der Waals surface area contributed by atoms with Crippen molar-refractivity contribution in [1.82, 2.24) is 0 Å². The molecule has 0 aliphatic carbocycles. The Balaban J connectivity index is 3.13. The van der Waals surface area contributed by atoms with Crippen molar-refractivity contribution in [2.24, 2.45) is 5.73 Å². The van der Waals surface area contributed by atoms with Gasteiger partial charge in [-0.15, -0.1) is 0 Å². The van der Waals surface area contributed by atoms with E-state index in [0.717, 1.165) is 0 Å². The first kappa shape index (κ1) is 10.4. The van der Waals surface area contributed by atoms with Crippen molar-refractivity contribution < 1.29 is 14.6 Å². The van der Waals surface area contributed by atoms with E-state index in [1.807, 2.05) is 0 Å². The number of rotatable bonds is 2. The van der Waals surface area contributed by atoms with Crippen molar-refractivity contribution in [1.29, 1.82) is 0 Å². The Morgan fingerprint density at radius 1 is 1.54 bits per heavy atom. The summed E-state index contributed by atoms with van der Waals surface area (Å²) in [4.78, 5) is 0. The number of aromatic hydroxyl groups is 1. The summed E-state index contributed by atoms with van der Waals surface area (Å²) in [5.74, 6) is -1.21. The molecule has 0 radical (unpaired) electrons. The molecular weight excluding hydrogens is 241 g/mol. The highest BCUT2D eigenvalue weighted by molar-refractivity contribution is 9.10. The number of halogens is 2. The predicted octanol–water partition coefficient (Wildman–Crippen LogP) is 1.29. The van der Waals surface area contributed by atoms with Gasteiger partial charge in [0, 0.05) is 0 Å². The Bertz CT molecular complexity index is 296. The van der Waals surface area contributed by atoms with Crippen molar-refractivity contribution >= 4 is 15.9 Å². The van der Waals surface area contributed by atoms with Gasteiger partial charge in [-0.05, 0) is 33.6 Å². The molecule has 3 nitrogen and oxygen atoms in total. The summed E-state index contributed by atoms with van der Waals surface area (Å²) >= 11 is 2.92. The maximum Gasteiger partial charge on any atom is 0.178 e. The van der Waals surface area contributed by atoms with E-state index >= 15 is 0 Å². The van der Waals surface area contributed by atoms with Gasteiger partial charge < -0.3 is 15.9 Å². The Hall–Kier alpha value is -0.650. The summed E-state index contributed by atoms with van der Waals surface area (Å²) in [6, 6.07) is 2.01. The van der Waals surface area contributed by atoms with Crippen LogP contribution in [0.1, 0.15) is 11.6 Å². The van der Waals surface area contributed by atoms with Crippen LogP contribution in [0, 0.1) is 5.82 Å². The second kappa shape index (κ2) is 4.04. The number of hydrogen-bond acceptors (Lipinski definition) is 3. The molecule has 0 aliphatic rings. The van der Waals surface area contributed by atoms with Crippen LogP contribution in [-0.4, -0.2) is 16.8 Å². The van der Waals surface area contributed by atoms with Crippen LogP contribution >= 0.6 is 15.9 Å². The average molecular weight is 250 g/mol. The molecule has 0 aliphatic heterocycles. The smallest absolute Gasteiger partial charge is 0.178 e. The van der Waals surface area contributed by atoms with Crippen molar-refractivity contribution in [3.05, 3.63) is 28.0 Å². The number of hydrogen-bond donors (Lipinski definition) is 3. The summed E-state index contributed by atoms with van der Waals surface area (Å²) in [5.41, 5.74) is 5.96. The SMILES string of the molecule is NC(CO)c1cc(O)c(F)c(Br)c1. The number of nitrogens with two attached hydrogens (primary N) is 1. The Kier molecular flexibility index (Phi) is 3.24. The number of phenols is 1. The third kappa shape index (κ3) is 2.18. The van der Waals surface area contributed by atoms with E-state index in [4.69, 9.17) is 15.9 Å². The molecule has 1 unspecified atom stereocenters. The second-order valence-corrected chi connectivity index (χ2v) is 3.48. The summed E-state index contributed by atoms with van der Waals surface area (Å²) in [6.45, 7) is -0.252. The largest absolute Gasteiger partial charge is 0.505 e. The van der Waals surface area contributed by atoms with E-state index < -0.39 is 17.6 Å². The molecule has 0 fully saturated rings. The summed E-state index contributed by atoms with van der Waals surface area (Å²) in [7, 11) is 0. The third-order valence-electron chi connectivity index (χ3n) is 1.66. The molecule has 1 aromatic carbocycles. The summed E-state index contributed by atoms with van der Waals surface area (Å²) in [5, 5.41) is 17.8. The molecule has 13 heavy (non-hydrogen) atoms. The van der Waals surface area contributed by atoms with E-state index in [1.54, 1.807) is 0 Å². The minimum atomic E-state index is -0.728. The molecule has 1 aromatic rings. The van der Waals surface area contributed by atoms with E-state index in [1.165, 1.54) is 12.1 Å². The first-order valence-corrected chi connectivity index (χ1v) is 4.40. The van der Waals surface area contributed by atoms with Gasteiger partial charge in [-0.3, -0.25) is 0 Å². The molecule has 0 saturated heterocycles. The molecule has 0 heterocycles. The van der Waals surface area contributed by atoms with E-state index in [2.05, 4.69) is 15.9 Å². The zero-order chi connectivity index (χ0) is 10.0. The highest BCUT2D eigenvalue weighted by atomic mass is 79.9. The average Bonchev–Trinajstić information content (AvgIpc) is 2.12. The molecule has 0 saturated carbocycles. The lowest BCUT2D eigenvalue weighted by Gasteiger charge is -2.09. The quantitative estimate of drug-likeness (QED) is 0.740. The van der Waals surface area contributed by atoms with E-state index in [9.17, 15) is 4.39 Å². The lowest BCUT2D eigenvalue weighted by atomic mass is 10.1. The lowest BCUT2D eigenvalue weighted by Crippen LogP contribution is -2.14. The van der Waals surface area contributed by atoms with Gasteiger partial charge in [-0.2, -0.15) is 0 Å². The topological polar surface area (TPSA) is 66.5 Å². The Morgan fingerprint density at radius 3 is 2.62 bits per heavy atom. The zero-order valence-electron chi connectivity index (χ0n) is 6.67. The van der Waals surface area contributed by atoms with Crippen LogP contribution in [0.25, 0.3) is 0 Å². The molecule has 0 aromatic heterocycles. The number of aliphatic hydroxyl groups excluding tert-OH is 1. The van der Waals surface area contributed by atoms with E-state index in [0.29, 0.717) is 5.56 Å². The minimum absolute atomic E-state index is 0.131. The van der Waals surface area contributed by atoms with Crippen LogP contribution in [0.5, 0.6) is 5.75 Å². The first-order valence-electron chi connectivity index (χ1n) is 3.60. The minimum Gasteiger partial charge on any atom is -0.505 e. The van der Waals surface area contributed by atoms with Crippen molar-refractivity contribution in [2.75, 3.05) is 6.61 Å². The normalized spacial score (nSPS) is 12.9. The van der Waals surface area contributed by atoms with Gasteiger partial charge in [0.25, 0.3) is 0 Å². The fourth-order valence-electron chi connectivity index (χ4n) is 0.914. The maximum atomic E-state index is 12.9. The molecule has 4 N–H and O–H groups in total. The van der Waals surface area contributed by atoms with Crippen LogP contribution in [-0.2, 0) is 0 Å². The van der Waals surface area contributed by atoms with Gasteiger partial charge in [0.05, 0.1) is 17.1 Å². The van der Waals surface area contributed by atoms with Gasteiger partial charge >= 0.3 is 0 Å². The highest BCUT2D eigenvalue weighted by Gasteiger charge is 2.11.